The first kappa shape index (κ1) is 14.2. The molecule has 21 heavy (non-hydrogen) atoms. The van der Waals surface area contributed by atoms with E-state index in [2.05, 4.69) is 57.6 Å². The van der Waals surface area contributed by atoms with Crippen molar-refractivity contribution in [2.75, 3.05) is 19.6 Å². The summed E-state index contributed by atoms with van der Waals surface area (Å²) in [5.74, 6) is 1.44. The first-order chi connectivity index (χ1) is 10.2. The second kappa shape index (κ2) is 6.37. The molecule has 1 aliphatic rings. The Kier molecular flexibility index (Phi) is 4.31. The Bertz CT molecular complexity index is 569. The molecular formula is C16H22N4O. The number of benzene rings is 1. The number of hydrogen-bond donors (Lipinski definition) is 1. The third-order valence-electron chi connectivity index (χ3n) is 4.08. The fourth-order valence-corrected chi connectivity index (χ4v) is 2.82. The summed E-state index contributed by atoms with van der Waals surface area (Å²) in [5.41, 5.74) is 1.35. The summed E-state index contributed by atoms with van der Waals surface area (Å²) in [5, 5.41) is 7.47. The second-order valence-electron chi connectivity index (χ2n) is 5.70. The van der Waals surface area contributed by atoms with E-state index < -0.39 is 0 Å². The van der Waals surface area contributed by atoms with Crippen molar-refractivity contribution in [2.45, 2.75) is 32.4 Å². The van der Waals surface area contributed by atoms with Crippen LogP contribution in [0.25, 0.3) is 0 Å². The number of nitrogens with zero attached hydrogens (tertiary/aromatic N) is 3. The lowest BCUT2D eigenvalue weighted by Gasteiger charge is -2.38. The molecule has 1 saturated heterocycles. The summed E-state index contributed by atoms with van der Waals surface area (Å²) < 4.78 is 5.20. The van der Waals surface area contributed by atoms with E-state index in [0.29, 0.717) is 17.9 Å². The van der Waals surface area contributed by atoms with Crippen molar-refractivity contribution in [1.82, 2.24) is 20.4 Å². The summed E-state index contributed by atoms with van der Waals surface area (Å²) in [6, 6.07) is 11.5. The molecule has 5 heteroatoms. The number of hydrogen-bond acceptors (Lipinski definition) is 5. The van der Waals surface area contributed by atoms with Crippen molar-refractivity contribution in [2.24, 2.45) is 0 Å². The number of aromatic nitrogens is 2. The van der Waals surface area contributed by atoms with Crippen LogP contribution in [0.3, 0.4) is 0 Å². The fraction of sp³-hybridized carbons (Fsp3) is 0.500. The van der Waals surface area contributed by atoms with Gasteiger partial charge in [0.1, 0.15) is 0 Å². The highest BCUT2D eigenvalue weighted by atomic mass is 16.5. The van der Waals surface area contributed by atoms with Crippen LogP contribution in [0.4, 0.5) is 0 Å². The number of aryl methyl sites for hydroxylation is 1. The quantitative estimate of drug-likeness (QED) is 0.931. The maximum Gasteiger partial charge on any atom is 0.227 e. The molecule has 0 radical (unpaired) electrons. The van der Waals surface area contributed by atoms with Gasteiger partial charge in [-0.2, -0.15) is 4.98 Å². The molecule has 0 spiro atoms. The summed E-state index contributed by atoms with van der Waals surface area (Å²) in [6.07, 6.45) is 0.812. The highest BCUT2D eigenvalue weighted by Gasteiger charge is 2.25. The zero-order valence-corrected chi connectivity index (χ0v) is 12.6. The largest absolute Gasteiger partial charge is 0.339 e. The van der Waals surface area contributed by atoms with Crippen molar-refractivity contribution < 1.29 is 4.52 Å². The lowest BCUT2D eigenvalue weighted by atomic mass is 10.0. The van der Waals surface area contributed by atoms with E-state index >= 15 is 0 Å². The molecule has 2 unspecified atom stereocenters. The molecule has 3 rings (SSSR count). The highest BCUT2D eigenvalue weighted by Crippen LogP contribution is 2.19. The standard InChI is InChI=1S/C16H22N4O/c1-12-10-17-15(14-6-4-3-5-7-14)11-20(12)9-8-16-18-13(2)19-21-16/h3-7,12,15,17H,8-11H2,1-2H3. The Morgan fingerprint density at radius 3 is 2.86 bits per heavy atom. The highest BCUT2D eigenvalue weighted by molar-refractivity contribution is 5.20. The Hall–Kier alpha value is -1.72. The molecule has 0 aliphatic carbocycles. The average molecular weight is 286 g/mol. The van der Waals surface area contributed by atoms with Crippen molar-refractivity contribution in [3.63, 3.8) is 0 Å². The minimum atomic E-state index is 0.395. The van der Waals surface area contributed by atoms with Crippen LogP contribution in [0, 0.1) is 6.92 Å². The zero-order valence-electron chi connectivity index (χ0n) is 12.6. The maximum absolute atomic E-state index is 5.20. The van der Waals surface area contributed by atoms with Crippen LogP contribution in [0.5, 0.6) is 0 Å². The molecule has 1 aliphatic heterocycles. The van der Waals surface area contributed by atoms with E-state index in [1.807, 2.05) is 6.92 Å². The monoisotopic (exact) mass is 286 g/mol. The number of piperazine rings is 1. The van der Waals surface area contributed by atoms with Crippen LogP contribution in [-0.2, 0) is 6.42 Å². The average Bonchev–Trinajstić information content (AvgIpc) is 2.93. The Morgan fingerprint density at radius 2 is 2.14 bits per heavy atom. The van der Waals surface area contributed by atoms with Gasteiger partial charge < -0.3 is 9.84 Å². The molecule has 1 aromatic carbocycles. The van der Waals surface area contributed by atoms with Crippen molar-refractivity contribution in [3.8, 4) is 0 Å². The summed E-state index contributed by atoms with van der Waals surface area (Å²) >= 11 is 0. The van der Waals surface area contributed by atoms with Gasteiger partial charge in [0.25, 0.3) is 0 Å². The van der Waals surface area contributed by atoms with Gasteiger partial charge in [-0.3, -0.25) is 4.90 Å². The van der Waals surface area contributed by atoms with Crippen LogP contribution >= 0.6 is 0 Å². The van der Waals surface area contributed by atoms with Crippen LogP contribution in [-0.4, -0.2) is 40.7 Å². The van der Waals surface area contributed by atoms with Gasteiger partial charge in [-0.05, 0) is 19.4 Å². The van der Waals surface area contributed by atoms with Crippen LogP contribution in [0.1, 0.15) is 30.2 Å². The molecule has 2 heterocycles. The fourth-order valence-electron chi connectivity index (χ4n) is 2.82. The van der Waals surface area contributed by atoms with E-state index in [-0.39, 0.29) is 0 Å². The summed E-state index contributed by atoms with van der Waals surface area (Å²) in [4.78, 5) is 6.77. The molecule has 1 N–H and O–H groups in total. The minimum Gasteiger partial charge on any atom is -0.339 e. The van der Waals surface area contributed by atoms with Crippen molar-refractivity contribution in [3.05, 3.63) is 47.6 Å². The van der Waals surface area contributed by atoms with Gasteiger partial charge in [0.2, 0.25) is 5.89 Å². The normalized spacial score (nSPS) is 23.3. The predicted octanol–water partition coefficient (Wildman–Crippen LogP) is 1.96. The van der Waals surface area contributed by atoms with Crippen molar-refractivity contribution >= 4 is 0 Å². The first-order valence-electron chi connectivity index (χ1n) is 7.54. The van der Waals surface area contributed by atoms with Gasteiger partial charge >= 0.3 is 0 Å². The van der Waals surface area contributed by atoms with Gasteiger partial charge in [0.05, 0.1) is 0 Å². The van der Waals surface area contributed by atoms with Gasteiger partial charge in [0, 0.05) is 38.1 Å². The molecule has 0 bridgehead atoms. The van der Waals surface area contributed by atoms with Crippen LogP contribution in [0.2, 0.25) is 0 Å². The van der Waals surface area contributed by atoms with E-state index in [0.717, 1.165) is 31.9 Å². The summed E-state index contributed by atoms with van der Waals surface area (Å²) in [7, 11) is 0. The van der Waals surface area contributed by atoms with Gasteiger partial charge in [-0.15, -0.1) is 0 Å². The SMILES string of the molecule is Cc1noc(CCN2CC(c3ccccc3)NCC2C)n1. The Morgan fingerprint density at radius 1 is 1.33 bits per heavy atom. The van der Waals surface area contributed by atoms with E-state index in [9.17, 15) is 0 Å². The third-order valence-corrected chi connectivity index (χ3v) is 4.08. The van der Waals surface area contributed by atoms with Crippen LogP contribution < -0.4 is 5.32 Å². The number of nitrogens with one attached hydrogen (secondary N) is 1. The lowest BCUT2D eigenvalue weighted by molar-refractivity contribution is 0.139. The zero-order chi connectivity index (χ0) is 14.7. The second-order valence-corrected chi connectivity index (χ2v) is 5.70. The van der Waals surface area contributed by atoms with Crippen molar-refractivity contribution in [1.29, 1.82) is 0 Å². The van der Waals surface area contributed by atoms with Gasteiger partial charge in [-0.1, -0.05) is 35.5 Å². The van der Waals surface area contributed by atoms with Crippen LogP contribution in [0.15, 0.2) is 34.9 Å². The molecule has 2 aromatic rings. The summed E-state index contributed by atoms with van der Waals surface area (Å²) in [6.45, 7) is 7.08. The number of rotatable bonds is 4. The Labute approximate surface area is 125 Å². The molecular weight excluding hydrogens is 264 g/mol. The topological polar surface area (TPSA) is 54.2 Å². The van der Waals surface area contributed by atoms with E-state index in [4.69, 9.17) is 4.52 Å². The molecule has 1 fully saturated rings. The van der Waals surface area contributed by atoms with Gasteiger partial charge in [-0.25, -0.2) is 0 Å². The first-order valence-corrected chi connectivity index (χ1v) is 7.54. The molecule has 5 nitrogen and oxygen atoms in total. The smallest absolute Gasteiger partial charge is 0.227 e. The predicted molar refractivity (Wildman–Crippen MR) is 81.0 cm³/mol. The molecule has 112 valence electrons. The van der Waals surface area contributed by atoms with Gasteiger partial charge in [0.15, 0.2) is 5.82 Å². The Balaban J connectivity index is 1.61. The third kappa shape index (κ3) is 3.49. The maximum atomic E-state index is 5.20. The molecule has 0 amide bonds. The molecule has 1 aromatic heterocycles. The molecule has 0 saturated carbocycles. The van der Waals surface area contributed by atoms with E-state index in [1.165, 1.54) is 5.56 Å². The lowest BCUT2D eigenvalue weighted by Crippen LogP contribution is -2.51. The van der Waals surface area contributed by atoms with E-state index in [1.54, 1.807) is 0 Å². The molecule has 2 atom stereocenters. The minimum absolute atomic E-state index is 0.395.